The second-order valence-electron chi connectivity index (χ2n) is 5.36. The standard InChI is InChI=1S/C16H24N2O3/c17-14-6-1-2-7-15(14)18(10-11-19)16(20)9-8-13-5-3-4-12-21-13/h1-2,6-7,13,19H,3-5,8-12,17H2. The molecule has 0 bridgehead atoms. The number of carbonyl (C=O) groups is 1. The Labute approximate surface area is 125 Å². The second kappa shape index (κ2) is 8.00. The Kier molecular flexibility index (Phi) is 6.02. The number of aliphatic hydroxyl groups is 1. The summed E-state index contributed by atoms with van der Waals surface area (Å²) in [7, 11) is 0. The molecule has 5 nitrogen and oxygen atoms in total. The van der Waals surface area contributed by atoms with Gasteiger partial charge in [0, 0.05) is 19.6 Å². The maximum Gasteiger partial charge on any atom is 0.227 e. The van der Waals surface area contributed by atoms with Crippen LogP contribution in [-0.2, 0) is 9.53 Å². The molecule has 1 saturated heterocycles. The van der Waals surface area contributed by atoms with Crippen molar-refractivity contribution >= 4 is 17.3 Å². The van der Waals surface area contributed by atoms with Gasteiger partial charge in [-0.2, -0.15) is 0 Å². The average molecular weight is 292 g/mol. The molecule has 0 aromatic heterocycles. The first kappa shape index (κ1) is 15.8. The monoisotopic (exact) mass is 292 g/mol. The first-order valence-corrected chi connectivity index (χ1v) is 7.59. The first-order valence-electron chi connectivity index (χ1n) is 7.59. The normalized spacial score (nSPS) is 18.4. The molecule has 1 aromatic rings. The van der Waals surface area contributed by atoms with Crippen molar-refractivity contribution in [2.24, 2.45) is 0 Å². The number of amides is 1. The molecule has 1 atom stereocenters. The van der Waals surface area contributed by atoms with Gasteiger partial charge in [-0.25, -0.2) is 0 Å². The molecule has 21 heavy (non-hydrogen) atoms. The average Bonchev–Trinajstić information content (AvgIpc) is 2.52. The van der Waals surface area contributed by atoms with E-state index in [1.165, 1.54) is 6.42 Å². The minimum atomic E-state index is -0.0833. The lowest BCUT2D eigenvalue weighted by molar-refractivity contribution is -0.119. The van der Waals surface area contributed by atoms with Crippen LogP contribution in [-0.4, -0.2) is 36.9 Å². The highest BCUT2D eigenvalue weighted by Crippen LogP contribution is 2.24. The van der Waals surface area contributed by atoms with E-state index in [-0.39, 0.29) is 25.2 Å². The van der Waals surface area contributed by atoms with E-state index in [9.17, 15) is 9.90 Å². The van der Waals surface area contributed by atoms with Crippen LogP contribution in [0.3, 0.4) is 0 Å². The number of nitrogen functional groups attached to an aromatic ring is 1. The van der Waals surface area contributed by atoms with Crippen molar-refractivity contribution in [3.8, 4) is 0 Å². The minimum absolute atomic E-state index is 0.0175. The molecule has 1 aliphatic rings. The highest BCUT2D eigenvalue weighted by atomic mass is 16.5. The van der Waals surface area contributed by atoms with Crippen LogP contribution in [0, 0.1) is 0 Å². The molecule has 5 heteroatoms. The van der Waals surface area contributed by atoms with E-state index in [1.807, 2.05) is 12.1 Å². The van der Waals surface area contributed by atoms with E-state index in [0.717, 1.165) is 25.9 Å². The number of carbonyl (C=O) groups excluding carboxylic acids is 1. The number of nitrogens with zero attached hydrogens (tertiary/aromatic N) is 1. The van der Waals surface area contributed by atoms with Crippen molar-refractivity contribution in [3.05, 3.63) is 24.3 Å². The molecule has 0 aliphatic carbocycles. The summed E-state index contributed by atoms with van der Waals surface area (Å²) in [5.74, 6) is -0.0175. The van der Waals surface area contributed by atoms with Crippen molar-refractivity contribution in [1.82, 2.24) is 0 Å². The third-order valence-corrected chi connectivity index (χ3v) is 3.81. The minimum Gasteiger partial charge on any atom is -0.397 e. The van der Waals surface area contributed by atoms with Crippen LogP contribution in [0.15, 0.2) is 24.3 Å². The number of anilines is 2. The van der Waals surface area contributed by atoms with E-state index in [0.29, 0.717) is 17.8 Å². The van der Waals surface area contributed by atoms with Gasteiger partial charge < -0.3 is 20.5 Å². The molecule has 0 spiro atoms. The maximum absolute atomic E-state index is 12.4. The smallest absolute Gasteiger partial charge is 0.227 e. The van der Waals surface area contributed by atoms with E-state index >= 15 is 0 Å². The van der Waals surface area contributed by atoms with Gasteiger partial charge in [-0.15, -0.1) is 0 Å². The SMILES string of the molecule is Nc1ccccc1N(CCO)C(=O)CCC1CCCCO1. The van der Waals surface area contributed by atoms with E-state index in [2.05, 4.69) is 0 Å². The summed E-state index contributed by atoms with van der Waals surface area (Å²) in [6.45, 7) is 0.976. The van der Waals surface area contributed by atoms with Gasteiger partial charge in [-0.3, -0.25) is 4.79 Å². The number of aliphatic hydroxyl groups excluding tert-OH is 1. The van der Waals surface area contributed by atoms with Gasteiger partial charge in [0.2, 0.25) is 5.91 Å². The van der Waals surface area contributed by atoms with E-state index in [4.69, 9.17) is 10.5 Å². The van der Waals surface area contributed by atoms with Crippen molar-refractivity contribution < 1.29 is 14.6 Å². The number of benzene rings is 1. The number of nitrogens with two attached hydrogens (primary N) is 1. The van der Waals surface area contributed by atoms with Crippen molar-refractivity contribution in [1.29, 1.82) is 0 Å². The maximum atomic E-state index is 12.4. The van der Waals surface area contributed by atoms with Crippen LogP contribution < -0.4 is 10.6 Å². The molecular formula is C16H24N2O3. The number of hydrogen-bond donors (Lipinski definition) is 2. The Morgan fingerprint density at radius 2 is 2.19 bits per heavy atom. The fourth-order valence-electron chi connectivity index (χ4n) is 2.67. The molecule has 2 rings (SSSR count). The first-order chi connectivity index (χ1) is 10.2. The Morgan fingerprint density at radius 3 is 2.86 bits per heavy atom. The van der Waals surface area contributed by atoms with Crippen LogP contribution >= 0.6 is 0 Å². The molecule has 1 heterocycles. The van der Waals surface area contributed by atoms with Crippen molar-refractivity contribution in [2.45, 2.75) is 38.2 Å². The third-order valence-electron chi connectivity index (χ3n) is 3.81. The van der Waals surface area contributed by atoms with Gasteiger partial charge in [0.15, 0.2) is 0 Å². The Morgan fingerprint density at radius 1 is 1.38 bits per heavy atom. The summed E-state index contributed by atoms with van der Waals surface area (Å²) in [6.07, 6.45) is 4.64. The quantitative estimate of drug-likeness (QED) is 0.786. The summed E-state index contributed by atoms with van der Waals surface area (Å²) in [4.78, 5) is 14.0. The van der Waals surface area contributed by atoms with Crippen LogP contribution in [0.5, 0.6) is 0 Å². The van der Waals surface area contributed by atoms with Crippen molar-refractivity contribution in [2.75, 3.05) is 30.4 Å². The highest BCUT2D eigenvalue weighted by Gasteiger charge is 2.20. The largest absolute Gasteiger partial charge is 0.397 e. The third kappa shape index (κ3) is 4.44. The number of ether oxygens (including phenoxy) is 1. The lowest BCUT2D eigenvalue weighted by Crippen LogP contribution is -2.35. The summed E-state index contributed by atoms with van der Waals surface area (Å²) >= 11 is 0. The van der Waals surface area contributed by atoms with Crippen LogP contribution in [0.1, 0.15) is 32.1 Å². The predicted octanol–water partition coefficient (Wildman–Crippen LogP) is 1.94. The molecule has 1 fully saturated rings. The molecule has 1 aromatic carbocycles. The van der Waals surface area contributed by atoms with Crippen molar-refractivity contribution in [3.63, 3.8) is 0 Å². The lowest BCUT2D eigenvalue weighted by Gasteiger charge is -2.26. The highest BCUT2D eigenvalue weighted by molar-refractivity contribution is 5.96. The van der Waals surface area contributed by atoms with E-state index in [1.54, 1.807) is 17.0 Å². The topological polar surface area (TPSA) is 75.8 Å². The van der Waals surface area contributed by atoms with Gasteiger partial charge in [0.05, 0.1) is 24.1 Å². The second-order valence-corrected chi connectivity index (χ2v) is 5.36. The molecule has 1 aliphatic heterocycles. The number of para-hydroxylation sites is 2. The van der Waals surface area contributed by atoms with Gasteiger partial charge in [-0.05, 0) is 37.8 Å². The molecule has 3 N–H and O–H groups in total. The van der Waals surface area contributed by atoms with Gasteiger partial charge in [0.1, 0.15) is 0 Å². The fraction of sp³-hybridized carbons (Fsp3) is 0.562. The Bertz CT molecular complexity index is 459. The summed E-state index contributed by atoms with van der Waals surface area (Å²) in [6, 6.07) is 7.24. The molecule has 1 amide bonds. The van der Waals surface area contributed by atoms with E-state index < -0.39 is 0 Å². The zero-order valence-electron chi connectivity index (χ0n) is 12.3. The molecule has 0 radical (unpaired) electrons. The molecule has 116 valence electrons. The summed E-state index contributed by atoms with van der Waals surface area (Å²) < 4.78 is 5.65. The van der Waals surface area contributed by atoms with Gasteiger partial charge >= 0.3 is 0 Å². The van der Waals surface area contributed by atoms with Gasteiger partial charge in [0.25, 0.3) is 0 Å². The fourth-order valence-corrected chi connectivity index (χ4v) is 2.67. The summed E-state index contributed by atoms with van der Waals surface area (Å²) in [5, 5.41) is 9.20. The van der Waals surface area contributed by atoms with Crippen LogP contribution in [0.25, 0.3) is 0 Å². The van der Waals surface area contributed by atoms with Crippen LogP contribution in [0.2, 0.25) is 0 Å². The van der Waals surface area contributed by atoms with Crippen LogP contribution in [0.4, 0.5) is 11.4 Å². The molecule has 1 unspecified atom stereocenters. The predicted molar refractivity (Wildman–Crippen MR) is 83.1 cm³/mol. The Balaban J connectivity index is 1.97. The zero-order valence-corrected chi connectivity index (χ0v) is 12.3. The molecule has 0 saturated carbocycles. The summed E-state index contributed by atoms with van der Waals surface area (Å²) in [5.41, 5.74) is 7.15. The lowest BCUT2D eigenvalue weighted by atomic mass is 10.0. The Hall–Kier alpha value is -1.59. The van der Waals surface area contributed by atoms with Gasteiger partial charge in [-0.1, -0.05) is 12.1 Å². The zero-order chi connectivity index (χ0) is 15.1. The number of hydrogen-bond acceptors (Lipinski definition) is 4. The number of rotatable bonds is 6. The molecular weight excluding hydrogens is 268 g/mol.